The molecule has 132 valence electrons. The van der Waals surface area contributed by atoms with Crippen molar-refractivity contribution in [1.29, 1.82) is 5.26 Å². The van der Waals surface area contributed by atoms with E-state index in [0.717, 1.165) is 26.9 Å². The fourth-order valence-electron chi connectivity index (χ4n) is 3.27. The molecule has 2 aromatic rings. The Morgan fingerprint density at radius 1 is 1.27 bits per heavy atom. The van der Waals surface area contributed by atoms with E-state index >= 15 is 0 Å². The Bertz CT molecular complexity index is 919. The first kappa shape index (κ1) is 18.6. The SMILES string of the molecule is CC(=O)C1=C(C)N=C(SCc2ccccc2)C(C#N)[C@@H]1c1sccc1C. The first-order valence-corrected chi connectivity index (χ1v) is 10.3. The highest BCUT2D eigenvalue weighted by Gasteiger charge is 2.38. The van der Waals surface area contributed by atoms with Crippen molar-refractivity contribution >= 4 is 33.9 Å². The van der Waals surface area contributed by atoms with Gasteiger partial charge in [0, 0.05) is 27.8 Å². The van der Waals surface area contributed by atoms with E-state index in [4.69, 9.17) is 0 Å². The number of allylic oxidation sites excluding steroid dienone is 2. The number of ketones is 1. The van der Waals surface area contributed by atoms with Gasteiger partial charge in [-0.25, -0.2) is 4.99 Å². The van der Waals surface area contributed by atoms with Crippen molar-refractivity contribution in [2.45, 2.75) is 32.4 Å². The molecule has 0 bridgehead atoms. The summed E-state index contributed by atoms with van der Waals surface area (Å²) in [4.78, 5) is 18.1. The van der Waals surface area contributed by atoms with Gasteiger partial charge in [-0.1, -0.05) is 30.3 Å². The molecule has 0 saturated carbocycles. The van der Waals surface area contributed by atoms with Crippen LogP contribution in [0.3, 0.4) is 0 Å². The molecule has 0 aliphatic carbocycles. The third kappa shape index (κ3) is 3.67. The molecular weight excluding hydrogens is 360 g/mol. The van der Waals surface area contributed by atoms with E-state index in [1.165, 1.54) is 5.56 Å². The summed E-state index contributed by atoms with van der Waals surface area (Å²) in [5, 5.41) is 12.8. The number of aryl methyl sites for hydroxylation is 1. The quantitative estimate of drug-likeness (QED) is 0.705. The fourth-order valence-corrected chi connectivity index (χ4v) is 5.42. The topological polar surface area (TPSA) is 53.2 Å². The lowest BCUT2D eigenvalue weighted by Crippen LogP contribution is -2.27. The van der Waals surface area contributed by atoms with Crippen molar-refractivity contribution < 1.29 is 4.79 Å². The standard InChI is InChI=1S/C21H20N2OS2/c1-13-9-10-25-20(13)19-17(11-22)21(23-14(2)18(19)15(3)24)26-12-16-7-5-4-6-8-16/h4-10,17,19H,12H2,1-3H3/t17?,19-/m0/s1. The van der Waals surface area contributed by atoms with Gasteiger partial charge in [-0.2, -0.15) is 5.26 Å². The third-order valence-electron chi connectivity index (χ3n) is 4.51. The number of nitrogens with zero attached hydrogens (tertiary/aromatic N) is 2. The van der Waals surface area contributed by atoms with Crippen LogP contribution >= 0.6 is 23.1 Å². The van der Waals surface area contributed by atoms with Gasteiger partial charge in [0.15, 0.2) is 5.78 Å². The summed E-state index contributed by atoms with van der Waals surface area (Å²) in [6.45, 7) is 5.49. The number of benzene rings is 1. The van der Waals surface area contributed by atoms with E-state index in [9.17, 15) is 10.1 Å². The van der Waals surface area contributed by atoms with Crippen LogP contribution in [0.2, 0.25) is 0 Å². The fraction of sp³-hybridized carbons (Fsp3) is 0.286. The molecule has 0 N–H and O–H groups in total. The van der Waals surface area contributed by atoms with Gasteiger partial charge in [-0.3, -0.25) is 4.79 Å². The Balaban J connectivity index is 2.00. The van der Waals surface area contributed by atoms with E-state index in [1.54, 1.807) is 30.0 Å². The molecule has 0 amide bonds. The zero-order chi connectivity index (χ0) is 18.7. The normalized spacial score (nSPS) is 19.8. The molecule has 3 nitrogen and oxygen atoms in total. The summed E-state index contributed by atoms with van der Waals surface area (Å²) in [6, 6.07) is 14.6. The zero-order valence-corrected chi connectivity index (χ0v) is 16.7. The van der Waals surface area contributed by atoms with Gasteiger partial charge >= 0.3 is 0 Å². The molecule has 2 atom stereocenters. The second kappa shape index (κ2) is 8.03. The van der Waals surface area contributed by atoms with Crippen LogP contribution in [0, 0.1) is 24.2 Å². The predicted octanol–water partition coefficient (Wildman–Crippen LogP) is 5.49. The lowest BCUT2D eigenvalue weighted by Gasteiger charge is -2.29. The average molecular weight is 381 g/mol. The van der Waals surface area contributed by atoms with Gasteiger partial charge in [0.25, 0.3) is 0 Å². The molecule has 0 spiro atoms. The van der Waals surface area contributed by atoms with E-state index < -0.39 is 5.92 Å². The molecule has 0 radical (unpaired) electrons. The highest BCUT2D eigenvalue weighted by molar-refractivity contribution is 8.13. The van der Waals surface area contributed by atoms with Crippen LogP contribution in [0.15, 0.2) is 58.0 Å². The molecule has 1 aromatic carbocycles. The van der Waals surface area contributed by atoms with Crippen LogP contribution in [0.4, 0.5) is 0 Å². The van der Waals surface area contributed by atoms with E-state index in [2.05, 4.69) is 23.2 Å². The molecule has 0 saturated heterocycles. The molecule has 1 aliphatic rings. The molecule has 0 fully saturated rings. The smallest absolute Gasteiger partial charge is 0.158 e. The first-order chi connectivity index (χ1) is 12.5. The Kier molecular flexibility index (Phi) is 5.75. The monoisotopic (exact) mass is 380 g/mol. The maximum atomic E-state index is 12.3. The van der Waals surface area contributed by atoms with Gasteiger partial charge in [-0.15, -0.1) is 23.1 Å². The predicted molar refractivity (Wildman–Crippen MR) is 109 cm³/mol. The van der Waals surface area contributed by atoms with Gasteiger partial charge in [0.2, 0.25) is 0 Å². The number of Topliss-reactive ketones (excluding diaryl/α,β-unsaturated/α-hetero) is 1. The van der Waals surface area contributed by atoms with Crippen molar-refractivity contribution in [1.82, 2.24) is 0 Å². The van der Waals surface area contributed by atoms with E-state index in [-0.39, 0.29) is 11.7 Å². The molecule has 5 heteroatoms. The Labute approximate surface area is 162 Å². The highest BCUT2D eigenvalue weighted by atomic mass is 32.2. The van der Waals surface area contributed by atoms with Gasteiger partial charge in [-0.05, 0) is 43.3 Å². The van der Waals surface area contributed by atoms with Crippen molar-refractivity contribution in [3.8, 4) is 6.07 Å². The number of rotatable bonds is 4. The van der Waals surface area contributed by atoms with Crippen LogP contribution in [0.1, 0.15) is 35.8 Å². The second-order valence-corrected chi connectivity index (χ2v) is 8.28. The number of nitriles is 1. The van der Waals surface area contributed by atoms with Crippen LogP contribution < -0.4 is 0 Å². The van der Waals surface area contributed by atoms with Crippen molar-refractivity contribution in [3.63, 3.8) is 0 Å². The molecule has 3 rings (SSSR count). The maximum Gasteiger partial charge on any atom is 0.158 e. The average Bonchev–Trinajstić information content (AvgIpc) is 3.05. The Morgan fingerprint density at radius 2 is 2.00 bits per heavy atom. The molecule has 1 aromatic heterocycles. The van der Waals surface area contributed by atoms with Crippen molar-refractivity contribution in [2.24, 2.45) is 10.9 Å². The van der Waals surface area contributed by atoms with Crippen LogP contribution in [-0.2, 0) is 10.5 Å². The maximum absolute atomic E-state index is 12.3. The van der Waals surface area contributed by atoms with E-state index in [0.29, 0.717) is 5.57 Å². The summed E-state index contributed by atoms with van der Waals surface area (Å²) >= 11 is 3.21. The van der Waals surface area contributed by atoms with E-state index in [1.807, 2.05) is 43.5 Å². The van der Waals surface area contributed by atoms with Crippen molar-refractivity contribution in [2.75, 3.05) is 0 Å². The van der Waals surface area contributed by atoms with Gasteiger partial charge in [0.1, 0.15) is 5.92 Å². The number of carbonyl (C=O) groups excluding carboxylic acids is 1. The van der Waals surface area contributed by atoms with Crippen LogP contribution in [0.25, 0.3) is 0 Å². The van der Waals surface area contributed by atoms with Crippen LogP contribution in [-0.4, -0.2) is 10.8 Å². The first-order valence-electron chi connectivity index (χ1n) is 8.43. The summed E-state index contributed by atoms with van der Waals surface area (Å²) in [6.07, 6.45) is 0. The molecule has 1 unspecified atom stereocenters. The summed E-state index contributed by atoms with van der Waals surface area (Å²) in [5.41, 5.74) is 3.73. The van der Waals surface area contributed by atoms with Gasteiger partial charge in [0.05, 0.1) is 11.1 Å². The Hall–Kier alpha value is -2.16. The number of thioether (sulfide) groups is 1. The third-order valence-corrected chi connectivity index (χ3v) is 6.73. The number of hydrogen-bond acceptors (Lipinski definition) is 5. The Morgan fingerprint density at radius 3 is 2.58 bits per heavy atom. The highest BCUT2D eigenvalue weighted by Crippen LogP contribution is 2.44. The summed E-state index contributed by atoms with van der Waals surface area (Å²) in [5.74, 6) is 0.102. The molecule has 26 heavy (non-hydrogen) atoms. The largest absolute Gasteiger partial charge is 0.295 e. The number of thiophene rings is 1. The zero-order valence-electron chi connectivity index (χ0n) is 15.0. The summed E-state index contributed by atoms with van der Waals surface area (Å²) in [7, 11) is 0. The lowest BCUT2D eigenvalue weighted by molar-refractivity contribution is -0.114. The summed E-state index contributed by atoms with van der Waals surface area (Å²) < 4.78 is 0. The van der Waals surface area contributed by atoms with Crippen molar-refractivity contribution in [3.05, 3.63) is 69.1 Å². The second-order valence-electron chi connectivity index (χ2n) is 6.33. The molecule has 2 heterocycles. The number of carbonyl (C=O) groups is 1. The molecular formula is C21H20N2OS2. The molecule has 1 aliphatic heterocycles. The minimum Gasteiger partial charge on any atom is -0.295 e. The van der Waals surface area contributed by atoms with Crippen LogP contribution in [0.5, 0.6) is 0 Å². The minimum atomic E-state index is -0.427. The number of aliphatic imine (C=N–C) groups is 1. The number of hydrogen-bond donors (Lipinski definition) is 0. The van der Waals surface area contributed by atoms with Gasteiger partial charge < -0.3 is 0 Å². The lowest BCUT2D eigenvalue weighted by atomic mass is 9.80. The minimum absolute atomic E-state index is 0.00332.